The molecule has 142 valence electrons. The third-order valence-corrected chi connectivity index (χ3v) is 6.12. The van der Waals surface area contributed by atoms with Crippen molar-refractivity contribution in [2.45, 2.75) is 0 Å². The molecule has 0 bridgehead atoms. The van der Waals surface area contributed by atoms with Gasteiger partial charge >= 0.3 is 15.6 Å². The van der Waals surface area contributed by atoms with Crippen LogP contribution in [0.1, 0.15) is 0 Å². The zero-order chi connectivity index (χ0) is 19.2. The first-order valence-electron chi connectivity index (χ1n) is 7.01. The third-order valence-electron chi connectivity index (χ3n) is 2.61. The van der Waals surface area contributed by atoms with Crippen LogP contribution in [0, 0.1) is 0 Å². The van der Waals surface area contributed by atoms with Crippen molar-refractivity contribution in [3.63, 3.8) is 0 Å². The SMILES string of the molecule is O=P(O)(OCCO)OP(=O)(Oc1ccc(Cl)cc1)Oc1ccc(Cl)cc1. The molecule has 2 N–H and O–H groups in total. The van der Waals surface area contributed by atoms with Gasteiger partial charge in [0.1, 0.15) is 11.5 Å². The second-order valence-corrected chi connectivity index (χ2v) is 8.63. The highest BCUT2D eigenvalue weighted by atomic mass is 35.5. The molecule has 0 aliphatic rings. The van der Waals surface area contributed by atoms with Crippen LogP contribution in [0.4, 0.5) is 0 Å². The van der Waals surface area contributed by atoms with E-state index in [0.717, 1.165) is 0 Å². The minimum atomic E-state index is -4.85. The minimum absolute atomic E-state index is 0.00820. The first kappa shape index (κ1) is 21.2. The number of phosphoric acid groups is 2. The molecule has 0 aromatic heterocycles. The molecule has 1 unspecified atom stereocenters. The fraction of sp³-hybridized carbons (Fsp3) is 0.143. The van der Waals surface area contributed by atoms with Crippen LogP contribution < -0.4 is 9.05 Å². The molecule has 0 saturated heterocycles. The van der Waals surface area contributed by atoms with Crippen LogP contribution in [0.2, 0.25) is 10.0 Å². The summed E-state index contributed by atoms with van der Waals surface area (Å²) >= 11 is 11.5. The van der Waals surface area contributed by atoms with Gasteiger partial charge in [-0.15, -0.1) is 0 Å². The Kier molecular flexibility index (Phi) is 7.52. The summed E-state index contributed by atoms with van der Waals surface area (Å²) < 4.78 is 44.2. The molecular weight excluding hydrogens is 429 g/mol. The van der Waals surface area contributed by atoms with Crippen LogP contribution in [-0.2, 0) is 18.0 Å². The number of hydrogen-bond acceptors (Lipinski definition) is 7. The molecule has 0 heterocycles. The maximum Gasteiger partial charge on any atom is 0.596 e. The predicted octanol–water partition coefficient (Wildman–Crippen LogP) is 4.69. The lowest BCUT2D eigenvalue weighted by molar-refractivity contribution is 0.146. The van der Waals surface area contributed by atoms with Gasteiger partial charge in [-0.25, -0.2) is 9.13 Å². The lowest BCUT2D eigenvalue weighted by Crippen LogP contribution is -2.06. The molecule has 12 heteroatoms. The average Bonchev–Trinajstić information content (AvgIpc) is 2.57. The van der Waals surface area contributed by atoms with Crippen molar-refractivity contribution in [2.24, 2.45) is 0 Å². The molecule has 26 heavy (non-hydrogen) atoms. The van der Waals surface area contributed by atoms with E-state index in [9.17, 15) is 14.0 Å². The Morgan fingerprint density at radius 3 is 1.65 bits per heavy atom. The summed E-state index contributed by atoms with van der Waals surface area (Å²) in [5.41, 5.74) is 0. The highest BCUT2D eigenvalue weighted by molar-refractivity contribution is 7.62. The van der Waals surface area contributed by atoms with Gasteiger partial charge in [-0.2, -0.15) is 4.31 Å². The van der Waals surface area contributed by atoms with E-state index in [1.54, 1.807) is 0 Å². The summed E-state index contributed by atoms with van der Waals surface area (Å²) in [7, 11) is -9.51. The van der Waals surface area contributed by atoms with E-state index in [4.69, 9.17) is 37.4 Å². The molecule has 2 rings (SSSR count). The minimum Gasteiger partial charge on any atom is -0.395 e. The number of rotatable bonds is 9. The highest BCUT2D eigenvalue weighted by Gasteiger charge is 2.41. The molecule has 0 saturated carbocycles. The van der Waals surface area contributed by atoms with E-state index in [2.05, 4.69) is 8.83 Å². The summed E-state index contributed by atoms with van der Waals surface area (Å²) in [5, 5.41) is 9.47. The molecule has 2 aromatic carbocycles. The molecule has 0 fully saturated rings. The molecule has 0 spiro atoms. The molecular formula is C14H14Cl2O8P2. The maximum absolute atomic E-state index is 12.9. The fourth-order valence-electron chi connectivity index (χ4n) is 1.61. The average molecular weight is 443 g/mol. The van der Waals surface area contributed by atoms with Crippen LogP contribution >= 0.6 is 38.8 Å². The van der Waals surface area contributed by atoms with Gasteiger partial charge in [-0.1, -0.05) is 23.2 Å². The lowest BCUT2D eigenvalue weighted by atomic mass is 10.3. The first-order valence-corrected chi connectivity index (χ1v) is 10.7. The van der Waals surface area contributed by atoms with Crippen molar-refractivity contribution in [2.75, 3.05) is 13.2 Å². The topological polar surface area (TPSA) is 112 Å². The van der Waals surface area contributed by atoms with Gasteiger partial charge in [-0.3, -0.25) is 4.52 Å². The Hall–Kier alpha value is -1.08. The second-order valence-electron chi connectivity index (χ2n) is 4.64. The Balaban J connectivity index is 2.26. The van der Waals surface area contributed by atoms with Crippen molar-refractivity contribution in [1.29, 1.82) is 0 Å². The van der Waals surface area contributed by atoms with Gasteiger partial charge in [0.05, 0.1) is 13.2 Å². The van der Waals surface area contributed by atoms with Gasteiger partial charge in [0, 0.05) is 10.0 Å². The normalized spacial score (nSPS) is 13.8. The second kappa shape index (κ2) is 9.22. The molecule has 8 nitrogen and oxygen atoms in total. The van der Waals surface area contributed by atoms with Gasteiger partial charge in [0.25, 0.3) is 0 Å². The van der Waals surface area contributed by atoms with Crippen LogP contribution in [0.25, 0.3) is 0 Å². The first-order chi connectivity index (χ1) is 12.2. The Morgan fingerprint density at radius 2 is 1.27 bits per heavy atom. The summed E-state index contributed by atoms with van der Waals surface area (Å²) in [6.45, 7) is -1.07. The quantitative estimate of drug-likeness (QED) is 0.538. The molecule has 0 aliphatic carbocycles. The summed E-state index contributed by atoms with van der Waals surface area (Å²) in [6.07, 6.45) is 0. The number of aliphatic hydroxyl groups is 1. The van der Waals surface area contributed by atoms with Crippen molar-refractivity contribution in [3.05, 3.63) is 58.6 Å². The largest absolute Gasteiger partial charge is 0.596 e. The van der Waals surface area contributed by atoms with E-state index in [1.807, 2.05) is 0 Å². The standard InChI is InChI=1S/C14H14Cl2O8P2/c15-11-1-5-13(6-2-11)22-26(20,24-25(18,19)21-10-9-17)23-14-7-3-12(16)4-8-14/h1-8,17H,9-10H2,(H,18,19). The lowest BCUT2D eigenvalue weighted by Gasteiger charge is -2.20. The fourth-order valence-corrected chi connectivity index (χ4v) is 4.43. The summed E-state index contributed by atoms with van der Waals surface area (Å²) in [6, 6.07) is 11.2. The van der Waals surface area contributed by atoms with Gasteiger partial charge < -0.3 is 19.0 Å². The number of halogens is 2. The predicted molar refractivity (Wildman–Crippen MR) is 95.7 cm³/mol. The number of hydrogen-bond donors (Lipinski definition) is 2. The molecule has 1 atom stereocenters. The van der Waals surface area contributed by atoms with Gasteiger partial charge in [0.15, 0.2) is 0 Å². The van der Waals surface area contributed by atoms with Crippen LogP contribution in [0.3, 0.4) is 0 Å². The van der Waals surface area contributed by atoms with E-state index >= 15 is 0 Å². The highest BCUT2D eigenvalue weighted by Crippen LogP contribution is 2.62. The van der Waals surface area contributed by atoms with Gasteiger partial charge in [0.2, 0.25) is 0 Å². The maximum atomic E-state index is 12.9. The Bertz CT molecular complexity index is 761. The monoisotopic (exact) mass is 442 g/mol. The van der Waals surface area contributed by atoms with Crippen LogP contribution in [0.5, 0.6) is 11.5 Å². The van der Waals surface area contributed by atoms with E-state index < -0.39 is 28.9 Å². The zero-order valence-corrected chi connectivity index (χ0v) is 16.3. The van der Waals surface area contributed by atoms with E-state index in [-0.39, 0.29) is 11.5 Å². The molecule has 0 aliphatic heterocycles. The van der Waals surface area contributed by atoms with Crippen molar-refractivity contribution >= 4 is 38.8 Å². The molecule has 0 amide bonds. The zero-order valence-electron chi connectivity index (χ0n) is 13.0. The van der Waals surface area contributed by atoms with Gasteiger partial charge in [-0.05, 0) is 48.5 Å². The van der Waals surface area contributed by atoms with Crippen molar-refractivity contribution in [1.82, 2.24) is 0 Å². The smallest absolute Gasteiger partial charge is 0.395 e. The van der Waals surface area contributed by atoms with Crippen molar-refractivity contribution in [3.8, 4) is 11.5 Å². The number of aliphatic hydroxyl groups excluding tert-OH is 1. The Morgan fingerprint density at radius 1 is 0.846 bits per heavy atom. The summed E-state index contributed by atoms with van der Waals surface area (Å²) in [4.78, 5) is 9.65. The van der Waals surface area contributed by atoms with E-state index in [0.29, 0.717) is 10.0 Å². The third kappa shape index (κ3) is 6.91. The van der Waals surface area contributed by atoms with Crippen molar-refractivity contribution < 1.29 is 37.0 Å². The molecule has 2 aromatic rings. The van der Waals surface area contributed by atoms with Crippen LogP contribution in [0.15, 0.2) is 48.5 Å². The molecule has 0 radical (unpaired) electrons. The Labute approximate surface area is 159 Å². The number of benzene rings is 2. The number of phosphoric ester groups is 2. The van der Waals surface area contributed by atoms with Crippen LogP contribution in [-0.4, -0.2) is 23.2 Å². The van der Waals surface area contributed by atoms with E-state index in [1.165, 1.54) is 48.5 Å². The summed E-state index contributed by atoms with van der Waals surface area (Å²) in [5.74, 6) is 0.0164.